The highest BCUT2D eigenvalue weighted by molar-refractivity contribution is 9.10. The van der Waals surface area contributed by atoms with E-state index in [9.17, 15) is 9.59 Å². The first-order chi connectivity index (χ1) is 14.9. The molecule has 0 spiro atoms. The van der Waals surface area contributed by atoms with Crippen molar-refractivity contribution in [1.82, 2.24) is 15.0 Å². The number of rotatable bonds is 9. The Hall–Kier alpha value is -3.53. The Morgan fingerprint density at radius 1 is 1.06 bits per heavy atom. The lowest BCUT2D eigenvalue weighted by atomic mass is 10.1. The predicted octanol–water partition coefficient (Wildman–Crippen LogP) is 3.67. The molecule has 10 heteroatoms. The van der Waals surface area contributed by atoms with Crippen LogP contribution in [0.3, 0.4) is 0 Å². The summed E-state index contributed by atoms with van der Waals surface area (Å²) in [4.78, 5) is 36.7. The molecule has 3 aromatic rings. The van der Waals surface area contributed by atoms with Gasteiger partial charge in [-0.3, -0.25) is 9.59 Å². The number of halogens is 1. The Morgan fingerprint density at radius 3 is 2.58 bits per heavy atom. The van der Waals surface area contributed by atoms with Crippen LogP contribution in [0.4, 0.5) is 17.6 Å². The first-order valence-electron chi connectivity index (χ1n) is 9.29. The largest absolute Gasteiger partial charge is 0.496 e. The van der Waals surface area contributed by atoms with E-state index in [4.69, 9.17) is 15.2 Å². The number of carbonyl (C=O) groups is 2. The summed E-state index contributed by atoms with van der Waals surface area (Å²) in [5, 5.41) is 3.00. The van der Waals surface area contributed by atoms with Crippen molar-refractivity contribution in [2.75, 3.05) is 18.2 Å². The van der Waals surface area contributed by atoms with Gasteiger partial charge in [-0.15, -0.1) is 0 Å². The van der Waals surface area contributed by atoms with Gasteiger partial charge in [0.25, 0.3) is 0 Å². The molecule has 0 bridgehead atoms. The van der Waals surface area contributed by atoms with Crippen molar-refractivity contribution in [3.63, 3.8) is 0 Å². The molecule has 1 aromatic heterocycles. The van der Waals surface area contributed by atoms with Crippen LogP contribution in [0.25, 0.3) is 0 Å². The molecule has 0 amide bonds. The number of esters is 1. The molecule has 3 N–H and O–H groups in total. The molecule has 3 rings (SSSR count). The van der Waals surface area contributed by atoms with E-state index in [0.717, 1.165) is 10.2 Å². The Morgan fingerprint density at radius 2 is 1.84 bits per heavy atom. The SMILES string of the molecule is COc1ccc(Br)cc1C(=O)CCC(=O)OCc1nc(N)nc(Nc2ccccc2)n1. The van der Waals surface area contributed by atoms with Gasteiger partial charge in [-0.05, 0) is 30.3 Å². The number of anilines is 3. The Bertz CT molecular complexity index is 1080. The average Bonchev–Trinajstić information content (AvgIpc) is 2.76. The molecule has 0 saturated heterocycles. The molecule has 160 valence electrons. The van der Waals surface area contributed by atoms with Gasteiger partial charge in [0.05, 0.1) is 19.1 Å². The summed E-state index contributed by atoms with van der Waals surface area (Å²) in [6, 6.07) is 14.4. The molecule has 0 unspecified atom stereocenters. The number of carbonyl (C=O) groups excluding carboxylic acids is 2. The number of methoxy groups -OCH3 is 1. The van der Waals surface area contributed by atoms with E-state index in [-0.39, 0.29) is 43.0 Å². The highest BCUT2D eigenvalue weighted by atomic mass is 79.9. The summed E-state index contributed by atoms with van der Waals surface area (Å²) >= 11 is 3.32. The molecule has 9 nitrogen and oxygen atoms in total. The molecule has 0 fully saturated rings. The van der Waals surface area contributed by atoms with E-state index < -0.39 is 5.97 Å². The third kappa shape index (κ3) is 6.48. The number of nitrogen functional groups attached to an aromatic ring is 1. The zero-order valence-corrected chi connectivity index (χ0v) is 18.3. The van der Waals surface area contributed by atoms with Crippen LogP contribution in [-0.2, 0) is 16.1 Å². The number of hydrogen-bond donors (Lipinski definition) is 2. The van der Waals surface area contributed by atoms with Crippen LogP contribution in [0.15, 0.2) is 53.0 Å². The van der Waals surface area contributed by atoms with Gasteiger partial charge in [0, 0.05) is 16.6 Å². The number of nitrogens with zero attached hydrogens (tertiary/aromatic N) is 3. The minimum absolute atomic E-state index is 0.00333. The van der Waals surface area contributed by atoms with Crippen molar-refractivity contribution < 1.29 is 19.1 Å². The van der Waals surface area contributed by atoms with Crippen molar-refractivity contribution >= 4 is 45.3 Å². The lowest BCUT2D eigenvalue weighted by Crippen LogP contribution is -2.12. The maximum Gasteiger partial charge on any atom is 0.306 e. The monoisotopic (exact) mass is 485 g/mol. The van der Waals surface area contributed by atoms with Crippen LogP contribution >= 0.6 is 15.9 Å². The van der Waals surface area contributed by atoms with E-state index in [2.05, 4.69) is 36.2 Å². The van der Waals surface area contributed by atoms with Crippen molar-refractivity contribution in [3.8, 4) is 5.75 Å². The predicted molar refractivity (Wildman–Crippen MR) is 118 cm³/mol. The fraction of sp³-hybridized carbons (Fsp3) is 0.190. The van der Waals surface area contributed by atoms with Gasteiger partial charge in [0.15, 0.2) is 18.2 Å². The number of para-hydroxylation sites is 1. The minimum Gasteiger partial charge on any atom is -0.496 e. The summed E-state index contributed by atoms with van der Waals surface area (Å²) in [5.41, 5.74) is 6.89. The van der Waals surface area contributed by atoms with Crippen LogP contribution in [-0.4, -0.2) is 33.8 Å². The number of ether oxygens (including phenoxy) is 2. The van der Waals surface area contributed by atoms with Crippen LogP contribution in [0.5, 0.6) is 5.75 Å². The van der Waals surface area contributed by atoms with Crippen LogP contribution in [0.2, 0.25) is 0 Å². The molecule has 0 radical (unpaired) electrons. The summed E-state index contributed by atoms with van der Waals surface area (Å²) in [7, 11) is 1.48. The van der Waals surface area contributed by atoms with E-state index >= 15 is 0 Å². The number of nitrogens with one attached hydrogen (secondary N) is 1. The number of hydrogen-bond acceptors (Lipinski definition) is 9. The zero-order chi connectivity index (χ0) is 22.2. The lowest BCUT2D eigenvalue weighted by Gasteiger charge is -2.09. The third-order valence-electron chi connectivity index (χ3n) is 4.11. The first-order valence-corrected chi connectivity index (χ1v) is 10.1. The van der Waals surface area contributed by atoms with Crippen LogP contribution in [0, 0.1) is 0 Å². The smallest absolute Gasteiger partial charge is 0.306 e. The second kappa shape index (κ2) is 10.5. The summed E-state index contributed by atoms with van der Waals surface area (Å²) < 4.78 is 11.1. The van der Waals surface area contributed by atoms with Gasteiger partial charge in [0.1, 0.15) is 5.75 Å². The molecule has 2 aromatic carbocycles. The van der Waals surface area contributed by atoms with E-state index in [1.165, 1.54) is 7.11 Å². The fourth-order valence-corrected chi connectivity index (χ4v) is 3.04. The number of benzene rings is 2. The molecule has 0 aliphatic carbocycles. The summed E-state index contributed by atoms with van der Waals surface area (Å²) in [6.07, 6.45) is -0.115. The molecule has 0 saturated carbocycles. The van der Waals surface area contributed by atoms with Crippen LogP contribution in [0.1, 0.15) is 29.0 Å². The normalized spacial score (nSPS) is 10.4. The molecule has 0 aliphatic heterocycles. The van der Waals surface area contributed by atoms with Crippen LogP contribution < -0.4 is 15.8 Å². The van der Waals surface area contributed by atoms with Gasteiger partial charge in [-0.1, -0.05) is 34.1 Å². The Balaban J connectivity index is 1.55. The quantitative estimate of drug-likeness (QED) is 0.344. The highest BCUT2D eigenvalue weighted by Crippen LogP contribution is 2.24. The molecule has 1 heterocycles. The van der Waals surface area contributed by atoms with Gasteiger partial charge < -0.3 is 20.5 Å². The van der Waals surface area contributed by atoms with Gasteiger partial charge >= 0.3 is 5.97 Å². The average molecular weight is 486 g/mol. The minimum atomic E-state index is -0.557. The standard InChI is InChI=1S/C21H20BrN5O4/c1-30-17-9-7-13(22)11-15(17)16(28)8-10-19(29)31-12-18-25-20(23)27-21(26-18)24-14-5-3-2-4-6-14/h2-7,9,11H,8,10,12H2,1H3,(H3,23,24,25,26,27). The topological polar surface area (TPSA) is 129 Å². The van der Waals surface area contributed by atoms with Gasteiger partial charge in [-0.2, -0.15) is 15.0 Å². The molecule has 0 atom stereocenters. The van der Waals surface area contributed by atoms with Crippen molar-refractivity contribution in [2.45, 2.75) is 19.4 Å². The third-order valence-corrected chi connectivity index (χ3v) is 4.60. The Labute approximate surface area is 187 Å². The van der Waals surface area contributed by atoms with Gasteiger partial charge in [-0.25, -0.2) is 0 Å². The van der Waals surface area contributed by atoms with E-state index in [1.807, 2.05) is 30.3 Å². The van der Waals surface area contributed by atoms with Crippen molar-refractivity contribution in [3.05, 3.63) is 64.4 Å². The Kier molecular flexibility index (Phi) is 7.50. The van der Waals surface area contributed by atoms with Crippen molar-refractivity contribution in [1.29, 1.82) is 0 Å². The lowest BCUT2D eigenvalue weighted by molar-refractivity contribution is -0.145. The molecular weight excluding hydrogens is 466 g/mol. The summed E-state index contributed by atoms with van der Waals surface area (Å²) in [5.74, 6) is 0.0887. The second-order valence-corrected chi connectivity index (χ2v) is 7.27. The number of aromatic nitrogens is 3. The molecular formula is C21H20BrN5O4. The number of Topliss-reactive ketones (excluding diaryl/α,β-unsaturated/α-hetero) is 1. The fourth-order valence-electron chi connectivity index (χ4n) is 2.67. The molecule has 0 aliphatic rings. The summed E-state index contributed by atoms with van der Waals surface area (Å²) in [6.45, 7) is -0.191. The van der Waals surface area contributed by atoms with Crippen molar-refractivity contribution in [2.24, 2.45) is 0 Å². The second-order valence-electron chi connectivity index (χ2n) is 6.35. The highest BCUT2D eigenvalue weighted by Gasteiger charge is 2.16. The molecule has 31 heavy (non-hydrogen) atoms. The maximum absolute atomic E-state index is 12.5. The van der Waals surface area contributed by atoms with E-state index in [1.54, 1.807) is 18.2 Å². The number of ketones is 1. The zero-order valence-electron chi connectivity index (χ0n) is 16.7. The maximum atomic E-state index is 12.5. The van der Waals surface area contributed by atoms with Gasteiger partial charge in [0.2, 0.25) is 11.9 Å². The first kappa shape index (κ1) is 22.2. The van der Waals surface area contributed by atoms with E-state index in [0.29, 0.717) is 11.3 Å². The number of nitrogens with two attached hydrogens (primary N) is 1.